The summed E-state index contributed by atoms with van der Waals surface area (Å²) in [6.45, 7) is 1.01. The summed E-state index contributed by atoms with van der Waals surface area (Å²) in [6.07, 6.45) is 2.08. The molecule has 0 aromatic rings. The number of nitrogens with one attached hydrogen (secondary N) is 2. The van der Waals surface area contributed by atoms with E-state index in [0.717, 1.165) is 19.4 Å². The fraction of sp³-hybridized carbons (Fsp3) is 0.833. The first kappa shape index (κ1) is 6.12. The van der Waals surface area contributed by atoms with E-state index in [1.54, 1.807) is 7.05 Å². The van der Waals surface area contributed by atoms with Gasteiger partial charge in [0, 0.05) is 13.6 Å². The normalized spacial score (nSPS) is 42.7. The van der Waals surface area contributed by atoms with Crippen molar-refractivity contribution in [1.82, 2.24) is 15.8 Å². The van der Waals surface area contributed by atoms with E-state index in [2.05, 4.69) is 10.7 Å². The van der Waals surface area contributed by atoms with E-state index in [9.17, 15) is 4.79 Å². The highest BCUT2D eigenvalue weighted by Gasteiger charge is 2.60. The molecule has 2 atom stereocenters. The number of rotatable bonds is 1. The van der Waals surface area contributed by atoms with Gasteiger partial charge in [-0.2, -0.15) is 0 Å². The third kappa shape index (κ3) is 0.552. The third-order valence-electron chi connectivity index (χ3n) is 2.25. The molecule has 0 saturated carbocycles. The molecule has 2 N–H and O–H groups in total. The Balaban J connectivity index is 2.11. The van der Waals surface area contributed by atoms with Crippen LogP contribution < -0.4 is 10.7 Å². The Hall–Kier alpha value is -0.610. The summed E-state index contributed by atoms with van der Waals surface area (Å²) < 4.78 is 0. The summed E-state index contributed by atoms with van der Waals surface area (Å²) in [5.74, 6) is 0.102. The topological polar surface area (TPSA) is 54.0 Å². The highest BCUT2D eigenvalue weighted by molar-refractivity contribution is 5.88. The lowest BCUT2D eigenvalue weighted by Gasteiger charge is -2.04. The van der Waals surface area contributed by atoms with E-state index in [0.29, 0.717) is 0 Å². The smallest absolute Gasteiger partial charge is 0.257 e. The Labute approximate surface area is 59.5 Å². The maximum atomic E-state index is 11.2. The fourth-order valence-corrected chi connectivity index (χ4v) is 1.62. The minimum absolute atomic E-state index is 0.102. The van der Waals surface area contributed by atoms with Crippen LogP contribution in [0.15, 0.2) is 0 Å². The van der Waals surface area contributed by atoms with Crippen molar-refractivity contribution in [3.63, 3.8) is 0 Å². The lowest BCUT2D eigenvalue weighted by atomic mass is 10.1. The number of hydrazine groups is 1. The van der Waals surface area contributed by atoms with Gasteiger partial charge in [-0.05, 0) is 12.8 Å². The van der Waals surface area contributed by atoms with Gasteiger partial charge in [0.25, 0.3) is 5.91 Å². The predicted octanol–water partition coefficient (Wildman–Crippen LogP) is -0.957. The molecule has 2 aliphatic heterocycles. The van der Waals surface area contributed by atoms with Crippen LogP contribution in [0.5, 0.6) is 0 Å². The first-order valence-corrected chi connectivity index (χ1v) is 3.57. The number of amides is 1. The van der Waals surface area contributed by atoms with E-state index in [-0.39, 0.29) is 11.6 Å². The second-order valence-electron chi connectivity index (χ2n) is 2.81. The van der Waals surface area contributed by atoms with Gasteiger partial charge in [0.05, 0.1) is 0 Å². The lowest BCUT2D eigenvalue weighted by Crippen LogP contribution is -2.37. The maximum absolute atomic E-state index is 11.2. The zero-order valence-electron chi connectivity index (χ0n) is 5.98. The number of nitrogens with zero attached hydrogens (tertiary/aromatic N) is 1. The molecule has 2 fully saturated rings. The first-order chi connectivity index (χ1) is 4.79. The van der Waals surface area contributed by atoms with Gasteiger partial charge in [-0.15, -0.1) is 0 Å². The largest absolute Gasteiger partial charge is 0.356 e. The Bertz CT molecular complexity index is 182. The molecule has 2 rings (SSSR count). The molecule has 0 spiro atoms. The molecular weight excluding hydrogens is 130 g/mol. The summed E-state index contributed by atoms with van der Waals surface area (Å²) >= 11 is 0. The number of carbonyl (C=O) groups excluding carboxylic acids is 1. The van der Waals surface area contributed by atoms with E-state index in [1.165, 1.54) is 0 Å². The summed E-state index contributed by atoms with van der Waals surface area (Å²) in [5.41, 5.74) is 2.76. The molecule has 4 nitrogen and oxygen atoms in total. The average Bonchev–Trinajstić information content (AvgIpc) is 2.54. The van der Waals surface area contributed by atoms with E-state index in [1.807, 2.05) is 5.01 Å². The molecule has 0 radical (unpaired) electrons. The van der Waals surface area contributed by atoms with Gasteiger partial charge in [-0.1, -0.05) is 0 Å². The highest BCUT2D eigenvalue weighted by Crippen LogP contribution is 2.36. The average molecular weight is 141 g/mol. The molecule has 2 saturated heterocycles. The molecule has 56 valence electrons. The van der Waals surface area contributed by atoms with Crippen molar-refractivity contribution in [3.8, 4) is 0 Å². The molecule has 1 amide bonds. The minimum atomic E-state index is -0.297. The zero-order chi connectivity index (χ0) is 7.19. The van der Waals surface area contributed by atoms with Crippen molar-refractivity contribution >= 4 is 5.91 Å². The molecule has 0 aromatic heterocycles. The standard InChI is InChI=1S/C6H11N3O/c1-7-5(10)6-3-2-4-9(6)8-6/h8H,2-4H2,1H3,(H,7,10). The third-order valence-corrected chi connectivity index (χ3v) is 2.25. The lowest BCUT2D eigenvalue weighted by molar-refractivity contribution is -0.123. The van der Waals surface area contributed by atoms with Crippen molar-refractivity contribution in [3.05, 3.63) is 0 Å². The van der Waals surface area contributed by atoms with Crippen LogP contribution in [0, 0.1) is 0 Å². The van der Waals surface area contributed by atoms with Crippen molar-refractivity contribution in [2.75, 3.05) is 13.6 Å². The zero-order valence-corrected chi connectivity index (χ0v) is 5.98. The molecule has 0 bridgehead atoms. The minimum Gasteiger partial charge on any atom is -0.356 e. The number of carbonyl (C=O) groups is 1. The van der Waals surface area contributed by atoms with Gasteiger partial charge in [-0.25, -0.2) is 10.4 Å². The highest BCUT2D eigenvalue weighted by atomic mass is 16.2. The Morgan fingerprint density at radius 1 is 1.80 bits per heavy atom. The number of fused-ring (bicyclic) bond motifs is 1. The van der Waals surface area contributed by atoms with Crippen LogP contribution >= 0.6 is 0 Å². The van der Waals surface area contributed by atoms with Crippen molar-refractivity contribution < 1.29 is 4.79 Å². The molecule has 2 aliphatic rings. The SMILES string of the molecule is CNC(=O)C12CCCN1N2. The molecular formula is C6H11N3O. The van der Waals surface area contributed by atoms with Gasteiger partial charge >= 0.3 is 0 Å². The molecule has 2 unspecified atom stereocenters. The summed E-state index contributed by atoms with van der Waals surface area (Å²) in [7, 11) is 1.67. The number of likely N-dealkylation sites (N-methyl/N-ethyl adjacent to an activating group) is 1. The fourth-order valence-electron chi connectivity index (χ4n) is 1.62. The Morgan fingerprint density at radius 3 is 3.00 bits per heavy atom. The first-order valence-electron chi connectivity index (χ1n) is 3.57. The molecule has 10 heavy (non-hydrogen) atoms. The van der Waals surface area contributed by atoms with Crippen LogP contribution in [0.3, 0.4) is 0 Å². The molecule has 4 heteroatoms. The monoisotopic (exact) mass is 141 g/mol. The quantitative estimate of drug-likeness (QED) is 0.462. The van der Waals surface area contributed by atoms with Crippen LogP contribution in [-0.4, -0.2) is 30.2 Å². The maximum Gasteiger partial charge on any atom is 0.257 e. The second-order valence-corrected chi connectivity index (χ2v) is 2.81. The van der Waals surface area contributed by atoms with Gasteiger partial charge in [-0.3, -0.25) is 4.79 Å². The van der Waals surface area contributed by atoms with Crippen molar-refractivity contribution in [2.24, 2.45) is 0 Å². The van der Waals surface area contributed by atoms with Crippen LogP contribution in [0.2, 0.25) is 0 Å². The second kappa shape index (κ2) is 1.71. The Kier molecular flexibility index (Phi) is 1.04. The molecule has 2 heterocycles. The van der Waals surface area contributed by atoms with Gasteiger partial charge in [0.15, 0.2) is 5.66 Å². The number of hydrogen-bond acceptors (Lipinski definition) is 3. The number of hydrogen-bond donors (Lipinski definition) is 2. The van der Waals surface area contributed by atoms with Crippen LogP contribution in [0.1, 0.15) is 12.8 Å². The van der Waals surface area contributed by atoms with Gasteiger partial charge < -0.3 is 5.32 Å². The van der Waals surface area contributed by atoms with E-state index in [4.69, 9.17) is 0 Å². The van der Waals surface area contributed by atoms with E-state index < -0.39 is 0 Å². The van der Waals surface area contributed by atoms with Crippen molar-refractivity contribution in [2.45, 2.75) is 18.5 Å². The predicted molar refractivity (Wildman–Crippen MR) is 35.9 cm³/mol. The van der Waals surface area contributed by atoms with E-state index >= 15 is 0 Å². The molecule has 0 aromatic carbocycles. The van der Waals surface area contributed by atoms with Crippen LogP contribution in [-0.2, 0) is 4.79 Å². The van der Waals surface area contributed by atoms with Crippen LogP contribution in [0.25, 0.3) is 0 Å². The Morgan fingerprint density at radius 2 is 2.60 bits per heavy atom. The summed E-state index contributed by atoms with van der Waals surface area (Å²) in [5, 5.41) is 4.64. The van der Waals surface area contributed by atoms with Gasteiger partial charge in [0.1, 0.15) is 0 Å². The van der Waals surface area contributed by atoms with Crippen molar-refractivity contribution in [1.29, 1.82) is 0 Å². The van der Waals surface area contributed by atoms with Crippen LogP contribution in [0.4, 0.5) is 0 Å². The molecule has 0 aliphatic carbocycles. The summed E-state index contributed by atoms with van der Waals surface area (Å²) in [4.78, 5) is 11.2. The van der Waals surface area contributed by atoms with Gasteiger partial charge in [0.2, 0.25) is 0 Å². The summed E-state index contributed by atoms with van der Waals surface area (Å²) in [6, 6.07) is 0.